The second-order valence-electron chi connectivity index (χ2n) is 7.65. The van der Waals surface area contributed by atoms with Crippen molar-refractivity contribution in [2.45, 2.75) is 25.7 Å². The first-order chi connectivity index (χ1) is 15.6. The molecule has 3 aromatic rings. The fourth-order valence-electron chi connectivity index (χ4n) is 3.59. The van der Waals surface area contributed by atoms with Crippen LogP contribution in [0.1, 0.15) is 40.7 Å². The number of carboxylic acid groups (broad SMARTS) is 1. The minimum Gasteiger partial charge on any atom is -0.481 e. The van der Waals surface area contributed by atoms with Crippen LogP contribution < -0.4 is 0 Å². The van der Waals surface area contributed by atoms with Crippen LogP contribution in [0, 0.1) is 17.8 Å². The van der Waals surface area contributed by atoms with E-state index in [1.54, 1.807) is 12.1 Å². The molecule has 0 fully saturated rings. The molecule has 0 saturated heterocycles. The second kappa shape index (κ2) is 11.6. The quantitative estimate of drug-likeness (QED) is 0.373. The van der Waals surface area contributed by atoms with Crippen molar-refractivity contribution in [3.8, 4) is 23.0 Å². The molecule has 32 heavy (non-hydrogen) atoms. The lowest BCUT2D eigenvalue weighted by atomic mass is 9.92. The standard InChI is InChI=1S/C28H26O4/c29-19-5-9-22-11-13-23(14-12-22)24-15-17-25(18-16-24)27(30)20-26(28(31)32)10-4-8-21-6-2-1-3-7-21/h1-3,6-7,11-18,26,29H,4,8,10,19-20H2,(H,31,32)/t26-/m0/s1. The molecule has 0 aliphatic rings. The van der Waals surface area contributed by atoms with Gasteiger partial charge in [0.25, 0.3) is 0 Å². The van der Waals surface area contributed by atoms with E-state index in [2.05, 4.69) is 11.8 Å². The van der Waals surface area contributed by atoms with Crippen molar-refractivity contribution in [2.75, 3.05) is 6.61 Å². The number of ketones is 1. The number of carbonyl (C=O) groups excluding carboxylic acids is 1. The van der Waals surface area contributed by atoms with Gasteiger partial charge in [-0.05, 0) is 48.1 Å². The van der Waals surface area contributed by atoms with Crippen molar-refractivity contribution in [2.24, 2.45) is 5.92 Å². The maximum absolute atomic E-state index is 12.7. The summed E-state index contributed by atoms with van der Waals surface area (Å²) in [6, 6.07) is 24.8. The Kier molecular flexibility index (Phi) is 8.36. The van der Waals surface area contributed by atoms with Crippen molar-refractivity contribution in [3.63, 3.8) is 0 Å². The van der Waals surface area contributed by atoms with Gasteiger partial charge in [-0.25, -0.2) is 0 Å². The highest BCUT2D eigenvalue weighted by Gasteiger charge is 2.21. The van der Waals surface area contributed by atoms with Gasteiger partial charge in [0, 0.05) is 17.5 Å². The molecule has 0 radical (unpaired) electrons. The van der Waals surface area contributed by atoms with E-state index in [1.807, 2.05) is 66.7 Å². The number of benzene rings is 3. The Bertz CT molecular complexity index is 1090. The molecule has 0 unspecified atom stereocenters. The molecule has 0 amide bonds. The monoisotopic (exact) mass is 426 g/mol. The number of aliphatic carboxylic acids is 1. The summed E-state index contributed by atoms with van der Waals surface area (Å²) in [6.45, 7) is -0.174. The molecular formula is C28H26O4. The second-order valence-corrected chi connectivity index (χ2v) is 7.65. The number of hydrogen-bond donors (Lipinski definition) is 2. The van der Waals surface area contributed by atoms with Crippen LogP contribution in [0.5, 0.6) is 0 Å². The van der Waals surface area contributed by atoms with Gasteiger partial charge in [-0.2, -0.15) is 0 Å². The molecule has 0 bridgehead atoms. The third kappa shape index (κ3) is 6.66. The molecule has 0 saturated carbocycles. The minimum absolute atomic E-state index is 0.00168. The summed E-state index contributed by atoms with van der Waals surface area (Å²) in [4.78, 5) is 24.4. The van der Waals surface area contributed by atoms with Crippen LogP contribution in [0.2, 0.25) is 0 Å². The Morgan fingerprint density at radius 3 is 2.06 bits per heavy atom. The number of carboxylic acids is 1. The van der Waals surface area contributed by atoms with Gasteiger partial charge in [-0.15, -0.1) is 0 Å². The van der Waals surface area contributed by atoms with E-state index < -0.39 is 11.9 Å². The Labute approximate surface area is 188 Å². The van der Waals surface area contributed by atoms with Crippen LogP contribution in [-0.4, -0.2) is 28.6 Å². The zero-order chi connectivity index (χ0) is 22.8. The zero-order valence-electron chi connectivity index (χ0n) is 17.8. The highest BCUT2D eigenvalue weighted by atomic mass is 16.4. The topological polar surface area (TPSA) is 74.6 Å². The largest absolute Gasteiger partial charge is 0.481 e. The van der Waals surface area contributed by atoms with Crippen LogP contribution >= 0.6 is 0 Å². The zero-order valence-corrected chi connectivity index (χ0v) is 17.8. The van der Waals surface area contributed by atoms with Crippen molar-refractivity contribution in [3.05, 3.63) is 95.6 Å². The average molecular weight is 427 g/mol. The van der Waals surface area contributed by atoms with E-state index in [9.17, 15) is 14.7 Å². The summed E-state index contributed by atoms with van der Waals surface area (Å²) in [5, 5.41) is 18.3. The van der Waals surface area contributed by atoms with Crippen molar-refractivity contribution in [1.82, 2.24) is 0 Å². The molecule has 3 aromatic carbocycles. The Morgan fingerprint density at radius 2 is 1.47 bits per heavy atom. The summed E-state index contributed by atoms with van der Waals surface area (Å²) in [7, 11) is 0. The van der Waals surface area contributed by atoms with Gasteiger partial charge in [0.2, 0.25) is 0 Å². The SMILES string of the molecule is O=C(C[C@H](CCCc1ccccc1)C(=O)O)c1ccc(-c2ccc(C#CCO)cc2)cc1. The Morgan fingerprint density at radius 1 is 0.844 bits per heavy atom. The maximum atomic E-state index is 12.7. The van der Waals surface area contributed by atoms with Gasteiger partial charge in [0.15, 0.2) is 5.78 Å². The Balaban J connectivity index is 1.59. The molecular weight excluding hydrogens is 400 g/mol. The highest BCUT2D eigenvalue weighted by molar-refractivity contribution is 5.98. The van der Waals surface area contributed by atoms with Crippen LogP contribution in [0.25, 0.3) is 11.1 Å². The molecule has 1 atom stereocenters. The van der Waals surface area contributed by atoms with Crippen LogP contribution in [-0.2, 0) is 11.2 Å². The number of Topliss-reactive ketones (excluding diaryl/α,β-unsaturated/α-hetero) is 1. The van der Waals surface area contributed by atoms with Gasteiger partial charge in [-0.3, -0.25) is 9.59 Å². The lowest BCUT2D eigenvalue weighted by Gasteiger charge is -2.12. The number of aryl methyl sites for hydroxylation is 1. The van der Waals surface area contributed by atoms with Crippen LogP contribution in [0.3, 0.4) is 0 Å². The van der Waals surface area contributed by atoms with Crippen molar-refractivity contribution < 1.29 is 19.8 Å². The molecule has 0 aliphatic heterocycles. The number of aliphatic hydroxyl groups excluding tert-OH is 1. The lowest BCUT2D eigenvalue weighted by molar-refractivity contribution is -0.141. The van der Waals surface area contributed by atoms with Gasteiger partial charge in [0.05, 0.1) is 5.92 Å². The van der Waals surface area contributed by atoms with Gasteiger partial charge in [-0.1, -0.05) is 78.6 Å². The first-order valence-corrected chi connectivity index (χ1v) is 10.7. The fraction of sp³-hybridized carbons (Fsp3) is 0.214. The summed E-state index contributed by atoms with van der Waals surface area (Å²) in [5.74, 6) is 3.71. The van der Waals surface area contributed by atoms with E-state index in [0.717, 1.165) is 29.5 Å². The predicted octanol–water partition coefficient (Wildman–Crippen LogP) is 4.99. The number of rotatable bonds is 9. The molecule has 0 aliphatic carbocycles. The Hall–Kier alpha value is -3.68. The first kappa shape index (κ1) is 23.0. The van der Waals surface area contributed by atoms with E-state index in [4.69, 9.17) is 5.11 Å². The number of hydrogen-bond acceptors (Lipinski definition) is 3. The molecule has 0 spiro atoms. The van der Waals surface area contributed by atoms with Crippen LogP contribution in [0.4, 0.5) is 0 Å². The van der Waals surface area contributed by atoms with Gasteiger partial charge in [0.1, 0.15) is 6.61 Å². The normalized spacial score (nSPS) is 11.3. The first-order valence-electron chi connectivity index (χ1n) is 10.7. The van der Waals surface area contributed by atoms with E-state index >= 15 is 0 Å². The molecule has 0 heterocycles. The van der Waals surface area contributed by atoms with Gasteiger partial charge < -0.3 is 10.2 Å². The molecule has 4 nitrogen and oxygen atoms in total. The van der Waals surface area contributed by atoms with Crippen molar-refractivity contribution in [1.29, 1.82) is 0 Å². The van der Waals surface area contributed by atoms with E-state index in [1.165, 1.54) is 5.56 Å². The lowest BCUT2D eigenvalue weighted by Crippen LogP contribution is -2.18. The third-order valence-corrected chi connectivity index (χ3v) is 5.38. The van der Waals surface area contributed by atoms with E-state index in [0.29, 0.717) is 12.0 Å². The highest BCUT2D eigenvalue weighted by Crippen LogP contribution is 2.22. The molecule has 162 valence electrons. The number of aliphatic hydroxyl groups is 1. The molecule has 2 N–H and O–H groups in total. The average Bonchev–Trinajstić information content (AvgIpc) is 2.83. The molecule has 3 rings (SSSR count). The van der Waals surface area contributed by atoms with Crippen molar-refractivity contribution >= 4 is 11.8 Å². The molecule has 0 aromatic heterocycles. The van der Waals surface area contributed by atoms with Gasteiger partial charge >= 0.3 is 5.97 Å². The fourth-order valence-corrected chi connectivity index (χ4v) is 3.59. The summed E-state index contributed by atoms with van der Waals surface area (Å²) >= 11 is 0. The summed E-state index contributed by atoms with van der Waals surface area (Å²) in [6.07, 6.45) is 2.00. The smallest absolute Gasteiger partial charge is 0.306 e. The van der Waals surface area contributed by atoms with E-state index in [-0.39, 0.29) is 18.8 Å². The third-order valence-electron chi connectivity index (χ3n) is 5.38. The number of carbonyl (C=O) groups is 2. The maximum Gasteiger partial charge on any atom is 0.306 e. The predicted molar refractivity (Wildman–Crippen MR) is 125 cm³/mol. The summed E-state index contributed by atoms with van der Waals surface area (Å²) in [5.41, 5.74) is 4.46. The summed E-state index contributed by atoms with van der Waals surface area (Å²) < 4.78 is 0. The van der Waals surface area contributed by atoms with Crippen LogP contribution in [0.15, 0.2) is 78.9 Å². The molecule has 4 heteroatoms. The minimum atomic E-state index is -0.924.